The first-order valence-corrected chi connectivity index (χ1v) is 6.31. The lowest BCUT2D eigenvalue weighted by atomic mass is 10.2. The second kappa shape index (κ2) is 4.17. The van der Waals surface area contributed by atoms with Gasteiger partial charge in [-0.05, 0) is 40.2 Å². The molecule has 0 fully saturated rings. The zero-order valence-corrected chi connectivity index (χ0v) is 11.1. The van der Waals surface area contributed by atoms with E-state index in [2.05, 4.69) is 20.9 Å². The van der Waals surface area contributed by atoms with E-state index in [9.17, 15) is 0 Å². The van der Waals surface area contributed by atoms with E-state index in [1.54, 1.807) is 0 Å². The minimum atomic E-state index is 0.730. The molecule has 17 heavy (non-hydrogen) atoms. The van der Waals surface area contributed by atoms with E-state index in [1.165, 1.54) is 0 Å². The van der Waals surface area contributed by atoms with E-state index in [-0.39, 0.29) is 0 Å². The highest BCUT2D eigenvalue weighted by Gasteiger charge is 2.10. The van der Waals surface area contributed by atoms with Gasteiger partial charge in [0, 0.05) is 16.8 Å². The van der Waals surface area contributed by atoms with Gasteiger partial charge in [-0.25, -0.2) is 4.98 Å². The Morgan fingerprint density at radius 2 is 1.82 bits per heavy atom. The minimum Gasteiger partial charge on any atom is -0.294 e. The fourth-order valence-electron chi connectivity index (χ4n) is 1.76. The fourth-order valence-corrected chi connectivity index (χ4v) is 2.50. The molecule has 0 N–H and O–H groups in total. The van der Waals surface area contributed by atoms with Crippen molar-refractivity contribution in [3.8, 4) is 11.3 Å². The second-order valence-electron chi connectivity index (χ2n) is 3.69. The molecule has 0 aliphatic rings. The molecule has 2 heterocycles. The van der Waals surface area contributed by atoms with Crippen molar-refractivity contribution in [1.82, 2.24) is 9.38 Å². The average molecular weight is 308 g/mol. The Balaban J connectivity index is 2.24. The minimum absolute atomic E-state index is 0.730. The summed E-state index contributed by atoms with van der Waals surface area (Å²) in [6.45, 7) is 0. The molecule has 0 aliphatic heterocycles. The molecule has 0 aliphatic carbocycles. The Bertz CT molecular complexity index is 673. The van der Waals surface area contributed by atoms with Gasteiger partial charge in [0.05, 0.1) is 0 Å². The number of fused-ring (bicyclic) bond motifs is 1. The molecule has 0 spiro atoms. The monoisotopic (exact) mass is 306 g/mol. The van der Waals surface area contributed by atoms with Crippen molar-refractivity contribution >= 4 is 33.2 Å². The summed E-state index contributed by atoms with van der Waals surface area (Å²) < 4.78 is 2.96. The van der Waals surface area contributed by atoms with Crippen LogP contribution >= 0.6 is 27.5 Å². The second-order valence-corrected chi connectivity index (χ2v) is 4.87. The lowest BCUT2D eigenvalue weighted by Crippen LogP contribution is -1.81. The molecule has 0 bridgehead atoms. The third kappa shape index (κ3) is 1.85. The number of hydrogen-bond acceptors (Lipinski definition) is 1. The van der Waals surface area contributed by atoms with Crippen molar-refractivity contribution in [2.45, 2.75) is 0 Å². The van der Waals surface area contributed by atoms with Crippen molar-refractivity contribution in [1.29, 1.82) is 0 Å². The third-order valence-electron chi connectivity index (χ3n) is 2.59. The fraction of sp³-hybridized carbons (Fsp3) is 0. The predicted octanol–water partition coefficient (Wildman–Crippen LogP) is 4.42. The summed E-state index contributed by atoms with van der Waals surface area (Å²) in [6.07, 6.45) is 1.98. The molecule has 0 radical (unpaired) electrons. The van der Waals surface area contributed by atoms with Crippen LogP contribution in [0.25, 0.3) is 16.9 Å². The van der Waals surface area contributed by atoms with E-state index < -0.39 is 0 Å². The van der Waals surface area contributed by atoms with E-state index in [0.29, 0.717) is 0 Å². The quantitative estimate of drug-likeness (QED) is 0.650. The SMILES string of the molecule is Clc1ccc(-c2nc3ccccn3c2Br)cc1. The lowest BCUT2D eigenvalue weighted by Gasteiger charge is -1.98. The maximum absolute atomic E-state index is 5.88. The average Bonchev–Trinajstić information content (AvgIpc) is 2.69. The van der Waals surface area contributed by atoms with Gasteiger partial charge in [0.1, 0.15) is 15.9 Å². The molecule has 3 aromatic rings. The van der Waals surface area contributed by atoms with Crippen LogP contribution in [0.4, 0.5) is 0 Å². The van der Waals surface area contributed by atoms with Crippen molar-refractivity contribution < 1.29 is 0 Å². The molecular weight excluding hydrogens is 300 g/mol. The van der Waals surface area contributed by atoms with Crippen molar-refractivity contribution in [3.63, 3.8) is 0 Å². The van der Waals surface area contributed by atoms with E-state index in [0.717, 1.165) is 26.5 Å². The number of aromatic nitrogens is 2. The van der Waals surface area contributed by atoms with E-state index >= 15 is 0 Å². The Kier molecular flexibility index (Phi) is 2.65. The van der Waals surface area contributed by atoms with Crippen LogP contribution in [0, 0.1) is 0 Å². The number of halogens is 2. The van der Waals surface area contributed by atoms with Gasteiger partial charge in [-0.2, -0.15) is 0 Å². The van der Waals surface area contributed by atoms with Crippen LogP contribution in [0.15, 0.2) is 53.3 Å². The number of imidazole rings is 1. The molecule has 84 valence electrons. The lowest BCUT2D eigenvalue weighted by molar-refractivity contribution is 1.15. The summed E-state index contributed by atoms with van der Waals surface area (Å²) in [4.78, 5) is 4.59. The first kappa shape index (κ1) is 10.8. The van der Waals surface area contributed by atoms with Crippen molar-refractivity contribution in [2.24, 2.45) is 0 Å². The van der Waals surface area contributed by atoms with Crippen LogP contribution in [0.1, 0.15) is 0 Å². The predicted molar refractivity (Wildman–Crippen MR) is 73.3 cm³/mol. The largest absolute Gasteiger partial charge is 0.294 e. The number of benzene rings is 1. The van der Waals surface area contributed by atoms with Gasteiger partial charge in [-0.1, -0.05) is 29.8 Å². The van der Waals surface area contributed by atoms with Gasteiger partial charge < -0.3 is 0 Å². The number of nitrogens with zero attached hydrogens (tertiary/aromatic N) is 2. The molecule has 0 unspecified atom stereocenters. The van der Waals surface area contributed by atoms with Crippen LogP contribution < -0.4 is 0 Å². The summed E-state index contributed by atoms with van der Waals surface area (Å²) in [5.41, 5.74) is 2.89. The van der Waals surface area contributed by atoms with Crippen LogP contribution in [-0.4, -0.2) is 9.38 Å². The van der Waals surface area contributed by atoms with Gasteiger partial charge in [0.25, 0.3) is 0 Å². The first-order valence-electron chi connectivity index (χ1n) is 5.14. The van der Waals surface area contributed by atoms with Gasteiger partial charge in [-0.3, -0.25) is 4.40 Å². The zero-order chi connectivity index (χ0) is 11.8. The zero-order valence-electron chi connectivity index (χ0n) is 8.77. The Labute approximate surface area is 112 Å². The summed E-state index contributed by atoms with van der Waals surface area (Å²) >= 11 is 9.45. The molecule has 2 nitrogen and oxygen atoms in total. The van der Waals surface area contributed by atoms with Crippen LogP contribution in [0.5, 0.6) is 0 Å². The molecule has 0 saturated carbocycles. The van der Waals surface area contributed by atoms with Gasteiger partial charge >= 0.3 is 0 Å². The van der Waals surface area contributed by atoms with E-state index in [4.69, 9.17) is 11.6 Å². The maximum atomic E-state index is 5.88. The molecule has 2 aromatic heterocycles. The van der Waals surface area contributed by atoms with Crippen molar-refractivity contribution in [3.05, 3.63) is 58.3 Å². The van der Waals surface area contributed by atoms with Gasteiger partial charge in [-0.15, -0.1) is 0 Å². The number of pyridine rings is 1. The summed E-state index contributed by atoms with van der Waals surface area (Å²) in [5, 5.41) is 0.730. The molecule has 0 amide bonds. The Morgan fingerprint density at radius 3 is 2.53 bits per heavy atom. The standard InChI is InChI=1S/C13H8BrClN2/c14-13-12(9-4-6-10(15)7-5-9)16-11-3-1-2-8-17(11)13/h1-8H. The van der Waals surface area contributed by atoms with Gasteiger partial charge in [0.15, 0.2) is 0 Å². The summed E-state index contributed by atoms with van der Waals surface area (Å²) in [6, 6.07) is 13.6. The molecule has 3 rings (SSSR count). The van der Waals surface area contributed by atoms with Gasteiger partial charge in [0.2, 0.25) is 0 Å². The number of rotatable bonds is 1. The highest BCUT2D eigenvalue weighted by Crippen LogP contribution is 2.29. The molecule has 4 heteroatoms. The smallest absolute Gasteiger partial charge is 0.138 e. The first-order chi connectivity index (χ1) is 8.25. The summed E-state index contributed by atoms with van der Waals surface area (Å²) in [5.74, 6) is 0. The molecule has 1 aromatic carbocycles. The highest BCUT2D eigenvalue weighted by atomic mass is 79.9. The number of hydrogen-bond donors (Lipinski definition) is 0. The van der Waals surface area contributed by atoms with Crippen molar-refractivity contribution in [2.75, 3.05) is 0 Å². The van der Waals surface area contributed by atoms with Crippen LogP contribution in [0.2, 0.25) is 5.02 Å². The molecule has 0 saturated heterocycles. The Morgan fingerprint density at radius 1 is 1.06 bits per heavy atom. The summed E-state index contributed by atoms with van der Waals surface area (Å²) in [7, 11) is 0. The molecule has 0 atom stereocenters. The third-order valence-corrected chi connectivity index (χ3v) is 3.60. The van der Waals surface area contributed by atoms with Crippen LogP contribution in [0.3, 0.4) is 0 Å². The normalized spacial score (nSPS) is 10.9. The topological polar surface area (TPSA) is 17.3 Å². The Hall–Kier alpha value is -1.32. The van der Waals surface area contributed by atoms with Crippen LogP contribution in [-0.2, 0) is 0 Å². The van der Waals surface area contributed by atoms with E-state index in [1.807, 2.05) is 53.1 Å². The highest BCUT2D eigenvalue weighted by molar-refractivity contribution is 9.10. The molecular formula is C13H8BrClN2. The maximum Gasteiger partial charge on any atom is 0.138 e.